The van der Waals surface area contributed by atoms with Crippen LogP contribution >= 0.6 is 0 Å². The van der Waals surface area contributed by atoms with E-state index in [-0.39, 0.29) is 0 Å². The predicted molar refractivity (Wildman–Crippen MR) is 67.5 cm³/mol. The van der Waals surface area contributed by atoms with E-state index in [2.05, 4.69) is 43.9 Å². The van der Waals surface area contributed by atoms with Crippen molar-refractivity contribution in [1.82, 2.24) is 0 Å². The van der Waals surface area contributed by atoms with Gasteiger partial charge in [-0.15, -0.1) is 0 Å². The quantitative estimate of drug-likeness (QED) is 0.802. The Morgan fingerprint density at radius 3 is 2.40 bits per heavy atom. The van der Waals surface area contributed by atoms with E-state index >= 15 is 0 Å². The number of anilines is 1. The minimum Gasteiger partial charge on any atom is -0.370 e. The van der Waals surface area contributed by atoms with Crippen molar-refractivity contribution >= 4 is 5.69 Å². The standard InChI is InChI=1S/C13H22N2/c1-4-8-15(9-7-14)13-6-5-11(2)12(3)10-13/h5-6,10H,4,7-9,14H2,1-3H3. The van der Waals surface area contributed by atoms with Crippen LogP contribution in [0.1, 0.15) is 24.5 Å². The minimum absolute atomic E-state index is 0.715. The molecule has 2 heteroatoms. The van der Waals surface area contributed by atoms with Gasteiger partial charge in [0.05, 0.1) is 0 Å². The molecule has 1 aromatic carbocycles. The normalized spacial score (nSPS) is 10.4. The first kappa shape index (κ1) is 12.1. The fraction of sp³-hybridized carbons (Fsp3) is 0.538. The van der Waals surface area contributed by atoms with Gasteiger partial charge in [0, 0.05) is 25.3 Å². The maximum absolute atomic E-state index is 5.62. The lowest BCUT2D eigenvalue weighted by Crippen LogP contribution is -2.30. The largest absolute Gasteiger partial charge is 0.370 e. The molecule has 0 radical (unpaired) electrons. The third kappa shape index (κ3) is 3.24. The second-order valence-corrected chi connectivity index (χ2v) is 4.04. The molecule has 0 amide bonds. The zero-order valence-electron chi connectivity index (χ0n) is 10.1. The lowest BCUT2D eigenvalue weighted by atomic mass is 10.1. The van der Waals surface area contributed by atoms with Gasteiger partial charge >= 0.3 is 0 Å². The molecule has 0 atom stereocenters. The van der Waals surface area contributed by atoms with Crippen LogP contribution in [-0.4, -0.2) is 19.6 Å². The molecular formula is C13H22N2. The Balaban J connectivity index is 2.85. The smallest absolute Gasteiger partial charge is 0.0369 e. The number of rotatable bonds is 5. The highest BCUT2D eigenvalue weighted by molar-refractivity contribution is 5.50. The monoisotopic (exact) mass is 206 g/mol. The molecule has 0 saturated heterocycles. The van der Waals surface area contributed by atoms with Crippen molar-refractivity contribution in [3.05, 3.63) is 29.3 Å². The number of benzene rings is 1. The molecule has 0 aromatic heterocycles. The molecule has 0 heterocycles. The van der Waals surface area contributed by atoms with Crippen molar-refractivity contribution in [2.24, 2.45) is 5.73 Å². The van der Waals surface area contributed by atoms with E-state index in [0.717, 1.165) is 19.5 Å². The van der Waals surface area contributed by atoms with Gasteiger partial charge in [0.15, 0.2) is 0 Å². The summed E-state index contributed by atoms with van der Waals surface area (Å²) in [5.41, 5.74) is 9.62. The van der Waals surface area contributed by atoms with Gasteiger partial charge in [-0.2, -0.15) is 0 Å². The first-order valence-corrected chi connectivity index (χ1v) is 5.71. The first-order valence-electron chi connectivity index (χ1n) is 5.71. The Kier molecular flexibility index (Phi) is 4.63. The highest BCUT2D eigenvalue weighted by Crippen LogP contribution is 2.18. The molecule has 0 aliphatic carbocycles. The van der Waals surface area contributed by atoms with Crippen LogP contribution in [0.15, 0.2) is 18.2 Å². The molecule has 0 aliphatic heterocycles. The van der Waals surface area contributed by atoms with Crippen molar-refractivity contribution in [1.29, 1.82) is 0 Å². The third-order valence-electron chi connectivity index (χ3n) is 2.75. The summed E-state index contributed by atoms with van der Waals surface area (Å²) in [6, 6.07) is 6.62. The Bertz CT molecular complexity index is 301. The summed E-state index contributed by atoms with van der Waals surface area (Å²) in [7, 11) is 0. The third-order valence-corrected chi connectivity index (χ3v) is 2.75. The molecule has 1 aromatic rings. The summed E-state index contributed by atoms with van der Waals surface area (Å²) in [6.45, 7) is 9.24. The maximum Gasteiger partial charge on any atom is 0.0369 e. The number of hydrogen-bond donors (Lipinski definition) is 1. The predicted octanol–water partition coefficient (Wildman–Crippen LogP) is 2.48. The van der Waals surface area contributed by atoms with Crippen molar-refractivity contribution in [3.63, 3.8) is 0 Å². The van der Waals surface area contributed by atoms with Gasteiger partial charge in [-0.1, -0.05) is 13.0 Å². The van der Waals surface area contributed by atoms with E-state index in [4.69, 9.17) is 5.73 Å². The molecule has 84 valence electrons. The fourth-order valence-electron chi connectivity index (χ4n) is 1.72. The van der Waals surface area contributed by atoms with E-state index in [0.29, 0.717) is 6.54 Å². The highest BCUT2D eigenvalue weighted by atomic mass is 15.1. The average molecular weight is 206 g/mol. The first-order chi connectivity index (χ1) is 7.19. The van der Waals surface area contributed by atoms with Gasteiger partial charge in [0.1, 0.15) is 0 Å². The Morgan fingerprint density at radius 1 is 1.13 bits per heavy atom. The van der Waals surface area contributed by atoms with E-state index in [1.807, 2.05) is 0 Å². The second kappa shape index (κ2) is 5.76. The Hall–Kier alpha value is -1.02. The number of hydrogen-bond acceptors (Lipinski definition) is 2. The molecule has 15 heavy (non-hydrogen) atoms. The molecule has 0 saturated carbocycles. The summed E-state index contributed by atoms with van der Waals surface area (Å²) in [5, 5.41) is 0. The van der Waals surface area contributed by atoms with Gasteiger partial charge in [-0.25, -0.2) is 0 Å². The summed E-state index contributed by atoms with van der Waals surface area (Å²) in [6.07, 6.45) is 1.16. The lowest BCUT2D eigenvalue weighted by molar-refractivity contribution is 0.762. The number of aryl methyl sites for hydroxylation is 2. The van der Waals surface area contributed by atoms with E-state index < -0.39 is 0 Å². The van der Waals surface area contributed by atoms with Crippen LogP contribution in [0.5, 0.6) is 0 Å². The summed E-state index contributed by atoms with van der Waals surface area (Å²) >= 11 is 0. The maximum atomic E-state index is 5.62. The second-order valence-electron chi connectivity index (χ2n) is 4.04. The number of nitrogens with zero attached hydrogens (tertiary/aromatic N) is 1. The van der Waals surface area contributed by atoms with Crippen LogP contribution in [0, 0.1) is 13.8 Å². The fourth-order valence-corrected chi connectivity index (χ4v) is 1.72. The lowest BCUT2D eigenvalue weighted by Gasteiger charge is -2.24. The molecule has 2 N–H and O–H groups in total. The van der Waals surface area contributed by atoms with Gasteiger partial charge in [0.2, 0.25) is 0 Å². The molecule has 0 bridgehead atoms. The van der Waals surface area contributed by atoms with Crippen molar-refractivity contribution < 1.29 is 0 Å². The molecule has 0 fully saturated rings. The van der Waals surface area contributed by atoms with E-state index in [1.165, 1.54) is 16.8 Å². The summed E-state index contributed by atoms with van der Waals surface area (Å²) < 4.78 is 0. The molecule has 0 unspecified atom stereocenters. The van der Waals surface area contributed by atoms with Crippen LogP contribution in [0.4, 0.5) is 5.69 Å². The van der Waals surface area contributed by atoms with Crippen LogP contribution in [0.2, 0.25) is 0 Å². The van der Waals surface area contributed by atoms with Gasteiger partial charge in [-0.3, -0.25) is 0 Å². The Morgan fingerprint density at radius 2 is 1.87 bits per heavy atom. The van der Waals surface area contributed by atoms with E-state index in [9.17, 15) is 0 Å². The minimum atomic E-state index is 0.715. The molecule has 2 nitrogen and oxygen atoms in total. The van der Waals surface area contributed by atoms with Crippen LogP contribution in [-0.2, 0) is 0 Å². The SMILES string of the molecule is CCCN(CCN)c1ccc(C)c(C)c1. The van der Waals surface area contributed by atoms with Crippen LogP contribution < -0.4 is 10.6 Å². The topological polar surface area (TPSA) is 29.3 Å². The number of nitrogens with two attached hydrogens (primary N) is 1. The van der Waals surface area contributed by atoms with Gasteiger partial charge in [0.25, 0.3) is 0 Å². The average Bonchev–Trinajstić information content (AvgIpc) is 2.22. The zero-order chi connectivity index (χ0) is 11.3. The molecular weight excluding hydrogens is 184 g/mol. The van der Waals surface area contributed by atoms with Crippen molar-refractivity contribution in [3.8, 4) is 0 Å². The summed E-state index contributed by atoms with van der Waals surface area (Å²) in [5.74, 6) is 0. The van der Waals surface area contributed by atoms with Crippen molar-refractivity contribution in [2.75, 3.05) is 24.5 Å². The summed E-state index contributed by atoms with van der Waals surface area (Å²) in [4.78, 5) is 2.35. The highest BCUT2D eigenvalue weighted by Gasteiger charge is 2.04. The van der Waals surface area contributed by atoms with Crippen LogP contribution in [0.25, 0.3) is 0 Å². The van der Waals surface area contributed by atoms with Crippen molar-refractivity contribution in [2.45, 2.75) is 27.2 Å². The molecule has 1 rings (SSSR count). The van der Waals surface area contributed by atoms with Gasteiger partial charge < -0.3 is 10.6 Å². The molecule has 0 spiro atoms. The molecule has 0 aliphatic rings. The van der Waals surface area contributed by atoms with Crippen LogP contribution in [0.3, 0.4) is 0 Å². The van der Waals surface area contributed by atoms with E-state index in [1.54, 1.807) is 0 Å². The Labute approximate surface area is 93.1 Å². The zero-order valence-corrected chi connectivity index (χ0v) is 10.1. The van der Waals surface area contributed by atoms with Gasteiger partial charge in [-0.05, 0) is 43.5 Å².